The Morgan fingerprint density at radius 2 is 1.74 bits per heavy atom. The number of likely N-dealkylation sites (tertiary alicyclic amines) is 1. The SMILES string of the molecule is O=C(NC1CC1)[C@@H]1CC[C@H](Nc2ncc(F)cn2)CN(C2CCOCC2)C1. The number of amides is 1. The van der Waals surface area contributed by atoms with E-state index in [-0.39, 0.29) is 17.9 Å². The molecule has 7 nitrogen and oxygen atoms in total. The van der Waals surface area contributed by atoms with Gasteiger partial charge in [-0.05, 0) is 38.5 Å². The Hall–Kier alpha value is -1.80. The van der Waals surface area contributed by atoms with Gasteiger partial charge in [0.1, 0.15) is 0 Å². The van der Waals surface area contributed by atoms with Crippen molar-refractivity contribution in [1.82, 2.24) is 20.2 Å². The number of rotatable bonds is 5. The van der Waals surface area contributed by atoms with Crippen LogP contribution in [-0.4, -0.2) is 65.2 Å². The third kappa shape index (κ3) is 5.13. The summed E-state index contributed by atoms with van der Waals surface area (Å²) < 4.78 is 18.6. The number of carbonyl (C=O) groups excluding carboxylic acids is 1. The third-order valence-electron chi connectivity index (χ3n) is 5.73. The minimum absolute atomic E-state index is 0.00869. The zero-order chi connectivity index (χ0) is 18.6. The molecule has 0 aromatic carbocycles. The van der Waals surface area contributed by atoms with Crippen LogP contribution >= 0.6 is 0 Å². The maximum atomic E-state index is 13.1. The molecule has 0 spiro atoms. The molecule has 0 radical (unpaired) electrons. The van der Waals surface area contributed by atoms with Gasteiger partial charge < -0.3 is 15.4 Å². The summed E-state index contributed by atoms with van der Waals surface area (Å²) in [6.45, 7) is 3.17. The van der Waals surface area contributed by atoms with Crippen LogP contribution in [0.1, 0.15) is 38.5 Å². The fourth-order valence-electron chi connectivity index (χ4n) is 4.02. The lowest BCUT2D eigenvalue weighted by molar-refractivity contribution is -0.126. The number of hydrogen-bond acceptors (Lipinski definition) is 6. The molecule has 3 aliphatic rings. The Labute approximate surface area is 159 Å². The largest absolute Gasteiger partial charge is 0.381 e. The first kappa shape index (κ1) is 18.6. The molecule has 1 saturated carbocycles. The number of anilines is 1. The minimum atomic E-state index is -0.443. The summed E-state index contributed by atoms with van der Waals surface area (Å²) in [5.41, 5.74) is 0. The van der Waals surface area contributed by atoms with Crippen LogP contribution < -0.4 is 10.6 Å². The minimum Gasteiger partial charge on any atom is -0.381 e. The van der Waals surface area contributed by atoms with Crippen molar-refractivity contribution < 1.29 is 13.9 Å². The van der Waals surface area contributed by atoms with Gasteiger partial charge in [0, 0.05) is 44.4 Å². The lowest BCUT2D eigenvalue weighted by Crippen LogP contribution is -2.47. The normalized spacial score (nSPS) is 27.7. The first-order valence-electron chi connectivity index (χ1n) is 10.0. The van der Waals surface area contributed by atoms with Gasteiger partial charge in [-0.1, -0.05) is 0 Å². The average Bonchev–Trinajstić information content (AvgIpc) is 3.51. The summed E-state index contributed by atoms with van der Waals surface area (Å²) in [5.74, 6) is 0.193. The predicted octanol–water partition coefficient (Wildman–Crippen LogP) is 1.57. The quantitative estimate of drug-likeness (QED) is 0.811. The van der Waals surface area contributed by atoms with Gasteiger partial charge in [-0.3, -0.25) is 9.69 Å². The molecular formula is C19H28FN5O2. The zero-order valence-corrected chi connectivity index (χ0v) is 15.6. The van der Waals surface area contributed by atoms with E-state index in [9.17, 15) is 9.18 Å². The Morgan fingerprint density at radius 1 is 1.04 bits per heavy atom. The van der Waals surface area contributed by atoms with Gasteiger partial charge in [-0.2, -0.15) is 0 Å². The highest BCUT2D eigenvalue weighted by atomic mass is 19.1. The topological polar surface area (TPSA) is 79.4 Å². The molecule has 1 aromatic heterocycles. The Balaban J connectivity index is 1.44. The van der Waals surface area contributed by atoms with Crippen molar-refractivity contribution in [1.29, 1.82) is 0 Å². The van der Waals surface area contributed by atoms with E-state index in [2.05, 4.69) is 25.5 Å². The first-order valence-corrected chi connectivity index (χ1v) is 10.0. The fraction of sp³-hybridized carbons (Fsp3) is 0.737. The molecule has 8 heteroatoms. The molecule has 1 aromatic rings. The molecule has 3 heterocycles. The van der Waals surface area contributed by atoms with Crippen LogP contribution in [0.5, 0.6) is 0 Å². The van der Waals surface area contributed by atoms with Gasteiger partial charge in [-0.25, -0.2) is 14.4 Å². The molecule has 0 bridgehead atoms. The third-order valence-corrected chi connectivity index (χ3v) is 5.73. The molecule has 4 rings (SSSR count). The van der Waals surface area contributed by atoms with E-state index in [0.29, 0.717) is 18.0 Å². The van der Waals surface area contributed by atoms with Gasteiger partial charge in [0.05, 0.1) is 18.3 Å². The maximum Gasteiger partial charge on any atom is 0.224 e. The number of nitrogens with one attached hydrogen (secondary N) is 2. The lowest BCUT2D eigenvalue weighted by Gasteiger charge is -2.36. The van der Waals surface area contributed by atoms with E-state index in [1.165, 1.54) is 12.4 Å². The summed E-state index contributed by atoms with van der Waals surface area (Å²) in [5, 5.41) is 6.50. The van der Waals surface area contributed by atoms with E-state index in [1.807, 2.05) is 0 Å². The van der Waals surface area contributed by atoms with E-state index in [4.69, 9.17) is 4.74 Å². The highest BCUT2D eigenvalue weighted by Crippen LogP contribution is 2.26. The van der Waals surface area contributed by atoms with E-state index < -0.39 is 5.82 Å². The van der Waals surface area contributed by atoms with Crippen LogP contribution in [0, 0.1) is 11.7 Å². The average molecular weight is 377 g/mol. The molecular weight excluding hydrogens is 349 g/mol. The molecule has 2 aliphatic heterocycles. The van der Waals surface area contributed by atoms with Crippen molar-refractivity contribution in [2.75, 3.05) is 31.6 Å². The van der Waals surface area contributed by atoms with Crippen LogP contribution in [0.15, 0.2) is 12.4 Å². The second kappa shape index (κ2) is 8.48. The molecule has 148 valence electrons. The molecule has 1 aliphatic carbocycles. The number of hydrogen-bond donors (Lipinski definition) is 2. The number of nitrogens with zero attached hydrogens (tertiary/aromatic N) is 3. The van der Waals surface area contributed by atoms with Gasteiger partial charge in [-0.15, -0.1) is 0 Å². The Morgan fingerprint density at radius 3 is 2.44 bits per heavy atom. The summed E-state index contributed by atoms with van der Waals surface area (Å²) in [4.78, 5) is 23.2. The van der Waals surface area contributed by atoms with Crippen molar-refractivity contribution >= 4 is 11.9 Å². The monoisotopic (exact) mass is 377 g/mol. The summed E-state index contributed by atoms with van der Waals surface area (Å²) in [7, 11) is 0. The fourth-order valence-corrected chi connectivity index (χ4v) is 4.02. The summed E-state index contributed by atoms with van der Waals surface area (Å²) >= 11 is 0. The van der Waals surface area contributed by atoms with Crippen LogP contribution in [-0.2, 0) is 9.53 Å². The van der Waals surface area contributed by atoms with Crippen molar-refractivity contribution in [3.05, 3.63) is 18.2 Å². The number of carbonyl (C=O) groups is 1. The lowest BCUT2D eigenvalue weighted by atomic mass is 10.0. The van der Waals surface area contributed by atoms with Gasteiger partial charge in [0.25, 0.3) is 0 Å². The molecule has 2 atom stereocenters. The number of aromatic nitrogens is 2. The Bertz CT molecular complexity index is 633. The van der Waals surface area contributed by atoms with E-state index in [1.54, 1.807) is 0 Å². The smallest absolute Gasteiger partial charge is 0.224 e. The highest BCUT2D eigenvalue weighted by Gasteiger charge is 2.34. The molecule has 0 unspecified atom stereocenters. The second-order valence-corrected chi connectivity index (χ2v) is 7.92. The maximum absolute atomic E-state index is 13.1. The van der Waals surface area contributed by atoms with Crippen LogP contribution in [0.25, 0.3) is 0 Å². The van der Waals surface area contributed by atoms with E-state index >= 15 is 0 Å². The van der Waals surface area contributed by atoms with Crippen LogP contribution in [0.3, 0.4) is 0 Å². The van der Waals surface area contributed by atoms with E-state index in [0.717, 1.165) is 64.8 Å². The Kier molecular flexibility index (Phi) is 5.83. The van der Waals surface area contributed by atoms with Crippen LogP contribution in [0.4, 0.5) is 10.3 Å². The molecule has 3 fully saturated rings. The molecule has 2 N–H and O–H groups in total. The zero-order valence-electron chi connectivity index (χ0n) is 15.6. The molecule has 1 amide bonds. The van der Waals surface area contributed by atoms with Crippen molar-refractivity contribution in [2.24, 2.45) is 5.92 Å². The van der Waals surface area contributed by atoms with Gasteiger partial charge in [0.15, 0.2) is 5.82 Å². The molecule has 27 heavy (non-hydrogen) atoms. The van der Waals surface area contributed by atoms with Gasteiger partial charge in [0.2, 0.25) is 11.9 Å². The summed E-state index contributed by atoms with van der Waals surface area (Å²) in [6, 6.07) is 0.961. The highest BCUT2D eigenvalue weighted by molar-refractivity contribution is 5.79. The predicted molar refractivity (Wildman–Crippen MR) is 98.7 cm³/mol. The second-order valence-electron chi connectivity index (χ2n) is 7.92. The van der Waals surface area contributed by atoms with Crippen molar-refractivity contribution in [2.45, 2.75) is 56.7 Å². The standard InChI is InChI=1S/C19H28FN5O2/c20-14-9-21-19(22-10-14)24-16-2-1-13(18(26)23-15-3-4-15)11-25(12-16)17-5-7-27-8-6-17/h9-10,13,15-17H,1-8,11-12H2,(H,23,26)(H,21,22,24)/t13-,16+/m1/s1. The first-order chi connectivity index (χ1) is 13.2. The van der Waals surface area contributed by atoms with Crippen molar-refractivity contribution in [3.8, 4) is 0 Å². The number of ether oxygens (including phenoxy) is 1. The number of halogens is 1. The summed E-state index contributed by atoms with van der Waals surface area (Å²) in [6.07, 6.45) is 8.25. The molecule has 2 saturated heterocycles. The van der Waals surface area contributed by atoms with Gasteiger partial charge >= 0.3 is 0 Å². The van der Waals surface area contributed by atoms with Crippen molar-refractivity contribution in [3.63, 3.8) is 0 Å². The van der Waals surface area contributed by atoms with Crippen LogP contribution in [0.2, 0.25) is 0 Å².